The molecule has 1 fully saturated rings. The molecule has 0 unspecified atom stereocenters. The average Bonchev–Trinajstić information content (AvgIpc) is 2.78. The molecule has 3 rings (SSSR count). The number of hydrogen-bond acceptors (Lipinski definition) is 3. The number of aromatic nitrogens is 2. The van der Waals surface area contributed by atoms with Crippen LogP contribution in [0.3, 0.4) is 0 Å². The largest absolute Gasteiger partial charge is 0.399 e. The third-order valence-corrected chi connectivity index (χ3v) is 4.22. The van der Waals surface area contributed by atoms with Crippen LogP contribution < -0.4 is 5.73 Å². The van der Waals surface area contributed by atoms with E-state index in [-0.39, 0.29) is 5.41 Å². The Morgan fingerprint density at radius 2 is 2.00 bits per heavy atom. The maximum atomic E-state index is 5.91. The highest BCUT2D eigenvalue weighted by atomic mass is 16.5. The van der Waals surface area contributed by atoms with Gasteiger partial charge in [-0.15, -0.1) is 0 Å². The van der Waals surface area contributed by atoms with Crippen molar-refractivity contribution < 1.29 is 4.74 Å². The molecule has 1 aliphatic rings. The molecule has 0 aliphatic carbocycles. The van der Waals surface area contributed by atoms with Gasteiger partial charge in [-0.3, -0.25) is 0 Å². The molecule has 1 aromatic carbocycles. The number of ether oxygens (including phenoxy) is 1. The molecule has 114 valence electrons. The van der Waals surface area contributed by atoms with Crippen molar-refractivity contribution in [2.75, 3.05) is 18.9 Å². The molecule has 2 N–H and O–H groups in total. The van der Waals surface area contributed by atoms with E-state index in [0.717, 1.165) is 49.6 Å². The van der Waals surface area contributed by atoms with Crippen LogP contribution in [0, 0.1) is 5.92 Å². The maximum Gasteiger partial charge on any atom is 0.115 e. The van der Waals surface area contributed by atoms with Crippen molar-refractivity contribution in [3.63, 3.8) is 0 Å². The van der Waals surface area contributed by atoms with Crippen LogP contribution in [0.2, 0.25) is 0 Å². The van der Waals surface area contributed by atoms with Gasteiger partial charge in [-0.1, -0.05) is 20.8 Å². The zero-order valence-electron chi connectivity index (χ0n) is 13.2. The van der Waals surface area contributed by atoms with Crippen molar-refractivity contribution in [3.8, 4) is 0 Å². The minimum Gasteiger partial charge on any atom is -0.399 e. The Morgan fingerprint density at radius 3 is 2.67 bits per heavy atom. The second-order valence-corrected chi connectivity index (χ2v) is 7.10. The first-order valence-electron chi connectivity index (χ1n) is 7.79. The van der Waals surface area contributed by atoms with Gasteiger partial charge in [-0.2, -0.15) is 0 Å². The Morgan fingerprint density at radius 1 is 1.29 bits per heavy atom. The van der Waals surface area contributed by atoms with E-state index in [4.69, 9.17) is 15.5 Å². The van der Waals surface area contributed by atoms with Crippen LogP contribution in [0.4, 0.5) is 5.69 Å². The molecule has 0 radical (unpaired) electrons. The van der Waals surface area contributed by atoms with E-state index in [1.165, 1.54) is 5.52 Å². The molecular formula is C17H25N3O. The number of benzene rings is 1. The molecule has 2 heterocycles. The van der Waals surface area contributed by atoms with E-state index in [1.807, 2.05) is 12.1 Å². The van der Waals surface area contributed by atoms with Crippen molar-refractivity contribution >= 4 is 16.7 Å². The highest BCUT2D eigenvalue weighted by Crippen LogP contribution is 2.29. The Balaban J connectivity index is 2.04. The van der Waals surface area contributed by atoms with E-state index in [9.17, 15) is 0 Å². The SMILES string of the molecule is CC(C)(C)c1nc2cc(N)ccc2n1CC1CCOCC1. The molecule has 1 saturated heterocycles. The fourth-order valence-electron chi connectivity index (χ4n) is 3.09. The van der Waals surface area contributed by atoms with E-state index in [2.05, 4.69) is 31.4 Å². The van der Waals surface area contributed by atoms with Gasteiger partial charge in [-0.25, -0.2) is 4.98 Å². The van der Waals surface area contributed by atoms with Crippen molar-refractivity contribution in [1.82, 2.24) is 9.55 Å². The minimum absolute atomic E-state index is 0.0267. The Labute approximate surface area is 126 Å². The summed E-state index contributed by atoms with van der Waals surface area (Å²) in [6.07, 6.45) is 2.27. The molecule has 4 nitrogen and oxygen atoms in total. The molecule has 0 spiro atoms. The standard InChI is InChI=1S/C17H25N3O/c1-17(2,3)16-19-14-10-13(18)4-5-15(14)20(16)11-12-6-8-21-9-7-12/h4-5,10,12H,6-9,11,18H2,1-3H3. The first-order chi connectivity index (χ1) is 9.95. The Hall–Kier alpha value is -1.55. The topological polar surface area (TPSA) is 53.1 Å². The van der Waals surface area contributed by atoms with Crippen LogP contribution in [-0.2, 0) is 16.7 Å². The summed E-state index contributed by atoms with van der Waals surface area (Å²) in [7, 11) is 0. The summed E-state index contributed by atoms with van der Waals surface area (Å²) in [5.74, 6) is 1.82. The second kappa shape index (κ2) is 5.34. The van der Waals surface area contributed by atoms with E-state index < -0.39 is 0 Å². The summed E-state index contributed by atoms with van der Waals surface area (Å²) >= 11 is 0. The van der Waals surface area contributed by atoms with Gasteiger partial charge in [-0.05, 0) is 37.0 Å². The highest BCUT2D eigenvalue weighted by Gasteiger charge is 2.25. The lowest BCUT2D eigenvalue weighted by molar-refractivity contribution is 0.0611. The molecule has 0 atom stereocenters. The predicted octanol–water partition coefficient (Wildman–Crippen LogP) is 3.34. The Kier molecular flexibility index (Phi) is 3.66. The first kappa shape index (κ1) is 14.4. The van der Waals surface area contributed by atoms with Crippen molar-refractivity contribution in [2.45, 2.75) is 45.6 Å². The first-order valence-corrected chi connectivity index (χ1v) is 7.79. The summed E-state index contributed by atoms with van der Waals surface area (Å²) in [4.78, 5) is 4.86. The van der Waals surface area contributed by atoms with Crippen LogP contribution in [0.1, 0.15) is 39.4 Å². The van der Waals surface area contributed by atoms with Crippen LogP contribution >= 0.6 is 0 Å². The molecule has 2 aromatic rings. The quantitative estimate of drug-likeness (QED) is 0.862. The van der Waals surface area contributed by atoms with Gasteiger partial charge in [0.05, 0.1) is 11.0 Å². The molecule has 0 bridgehead atoms. The number of nitrogen functional groups attached to an aromatic ring is 1. The zero-order valence-corrected chi connectivity index (χ0v) is 13.2. The van der Waals surface area contributed by atoms with E-state index >= 15 is 0 Å². The molecular weight excluding hydrogens is 262 g/mol. The lowest BCUT2D eigenvalue weighted by Gasteiger charge is -2.26. The maximum absolute atomic E-state index is 5.91. The summed E-state index contributed by atoms with van der Waals surface area (Å²) < 4.78 is 7.87. The number of anilines is 1. The highest BCUT2D eigenvalue weighted by molar-refractivity contribution is 5.79. The fourth-order valence-corrected chi connectivity index (χ4v) is 3.09. The van der Waals surface area contributed by atoms with Gasteiger partial charge in [0.2, 0.25) is 0 Å². The van der Waals surface area contributed by atoms with Crippen LogP contribution in [0.5, 0.6) is 0 Å². The van der Waals surface area contributed by atoms with Crippen LogP contribution in [0.15, 0.2) is 18.2 Å². The Bertz CT molecular complexity index is 633. The number of nitrogens with two attached hydrogens (primary N) is 1. The van der Waals surface area contributed by atoms with Crippen LogP contribution in [-0.4, -0.2) is 22.8 Å². The normalized spacial score (nSPS) is 17.5. The summed E-state index contributed by atoms with van der Waals surface area (Å²) in [6.45, 7) is 9.45. The number of hydrogen-bond donors (Lipinski definition) is 1. The summed E-state index contributed by atoms with van der Waals surface area (Å²) in [6, 6.07) is 6.05. The third-order valence-electron chi connectivity index (χ3n) is 4.22. The number of rotatable bonds is 2. The minimum atomic E-state index is 0.0267. The van der Waals surface area contributed by atoms with Gasteiger partial charge in [0.15, 0.2) is 0 Å². The van der Waals surface area contributed by atoms with Gasteiger partial charge >= 0.3 is 0 Å². The molecule has 1 aliphatic heterocycles. The average molecular weight is 287 g/mol. The lowest BCUT2D eigenvalue weighted by atomic mass is 9.94. The second-order valence-electron chi connectivity index (χ2n) is 7.10. The smallest absolute Gasteiger partial charge is 0.115 e. The zero-order chi connectivity index (χ0) is 15.0. The molecule has 4 heteroatoms. The monoisotopic (exact) mass is 287 g/mol. The van der Waals surface area contributed by atoms with Crippen LogP contribution in [0.25, 0.3) is 11.0 Å². The third kappa shape index (κ3) is 2.91. The predicted molar refractivity (Wildman–Crippen MR) is 86.4 cm³/mol. The van der Waals surface area contributed by atoms with Gasteiger partial charge in [0.25, 0.3) is 0 Å². The van der Waals surface area contributed by atoms with E-state index in [1.54, 1.807) is 0 Å². The van der Waals surface area contributed by atoms with Crippen molar-refractivity contribution in [1.29, 1.82) is 0 Å². The van der Waals surface area contributed by atoms with Gasteiger partial charge < -0.3 is 15.0 Å². The number of nitrogens with zero attached hydrogens (tertiary/aromatic N) is 2. The fraction of sp³-hybridized carbons (Fsp3) is 0.588. The lowest BCUT2D eigenvalue weighted by Crippen LogP contribution is -2.25. The van der Waals surface area contributed by atoms with Crippen molar-refractivity contribution in [2.24, 2.45) is 5.92 Å². The van der Waals surface area contributed by atoms with E-state index in [0.29, 0.717) is 5.92 Å². The summed E-state index contributed by atoms with van der Waals surface area (Å²) in [5, 5.41) is 0. The molecule has 1 aromatic heterocycles. The number of fused-ring (bicyclic) bond motifs is 1. The molecule has 0 saturated carbocycles. The van der Waals surface area contributed by atoms with Crippen molar-refractivity contribution in [3.05, 3.63) is 24.0 Å². The van der Waals surface area contributed by atoms with Gasteiger partial charge in [0, 0.05) is 30.9 Å². The summed E-state index contributed by atoms with van der Waals surface area (Å²) in [5.41, 5.74) is 8.92. The molecule has 21 heavy (non-hydrogen) atoms. The van der Waals surface area contributed by atoms with Gasteiger partial charge in [0.1, 0.15) is 5.82 Å². The molecule has 0 amide bonds. The number of imidazole rings is 1.